The summed E-state index contributed by atoms with van der Waals surface area (Å²) < 4.78 is 36.2. The standard InChI is InChI=1S/C10H12BrFN2O3S/c1-3-14(2)10(15)6-4-9(18(13,16)17)7(11)5-8(6)12/h4-5H,3H2,1-2H3,(H2,13,16,17). The van der Waals surface area contributed by atoms with E-state index in [1.165, 1.54) is 11.9 Å². The van der Waals surface area contributed by atoms with Gasteiger partial charge in [-0.2, -0.15) is 0 Å². The van der Waals surface area contributed by atoms with E-state index in [0.29, 0.717) is 6.54 Å². The van der Waals surface area contributed by atoms with Crippen LogP contribution in [0.15, 0.2) is 21.5 Å². The predicted octanol–water partition coefficient (Wildman–Crippen LogP) is 1.33. The Morgan fingerprint density at radius 3 is 2.50 bits per heavy atom. The van der Waals surface area contributed by atoms with Crippen molar-refractivity contribution < 1.29 is 17.6 Å². The number of amides is 1. The quantitative estimate of drug-likeness (QED) is 0.902. The molecule has 1 aromatic rings. The van der Waals surface area contributed by atoms with Gasteiger partial charge in [0.2, 0.25) is 10.0 Å². The third-order valence-electron chi connectivity index (χ3n) is 2.38. The molecule has 1 aromatic carbocycles. The molecule has 1 amide bonds. The van der Waals surface area contributed by atoms with E-state index >= 15 is 0 Å². The molecule has 0 spiro atoms. The molecule has 0 saturated heterocycles. The Labute approximate surface area is 113 Å². The average molecular weight is 339 g/mol. The highest BCUT2D eigenvalue weighted by molar-refractivity contribution is 9.10. The molecule has 0 unspecified atom stereocenters. The highest BCUT2D eigenvalue weighted by Crippen LogP contribution is 2.25. The lowest BCUT2D eigenvalue weighted by Crippen LogP contribution is -2.27. The third kappa shape index (κ3) is 3.06. The molecule has 5 nitrogen and oxygen atoms in total. The van der Waals surface area contributed by atoms with Gasteiger partial charge in [-0.3, -0.25) is 4.79 Å². The molecule has 18 heavy (non-hydrogen) atoms. The summed E-state index contributed by atoms with van der Waals surface area (Å²) in [5, 5.41) is 4.98. The fourth-order valence-electron chi connectivity index (χ4n) is 1.26. The fourth-order valence-corrected chi connectivity index (χ4v) is 2.87. The second-order valence-corrected chi connectivity index (χ2v) is 6.01. The maximum atomic E-state index is 13.7. The zero-order chi connectivity index (χ0) is 14.1. The third-order valence-corrected chi connectivity index (χ3v) is 4.25. The van der Waals surface area contributed by atoms with E-state index in [9.17, 15) is 17.6 Å². The Hall–Kier alpha value is -0.990. The molecule has 0 radical (unpaired) electrons. The zero-order valence-corrected chi connectivity index (χ0v) is 12.2. The zero-order valence-electron chi connectivity index (χ0n) is 9.78. The summed E-state index contributed by atoms with van der Waals surface area (Å²) >= 11 is 2.90. The molecule has 8 heteroatoms. The van der Waals surface area contributed by atoms with Gasteiger partial charge in [0.1, 0.15) is 5.82 Å². The van der Waals surface area contributed by atoms with Crippen LogP contribution in [0, 0.1) is 5.82 Å². The van der Waals surface area contributed by atoms with Gasteiger partial charge in [-0.05, 0) is 35.0 Å². The van der Waals surface area contributed by atoms with Gasteiger partial charge < -0.3 is 4.90 Å². The van der Waals surface area contributed by atoms with Crippen LogP contribution < -0.4 is 5.14 Å². The molecule has 0 fully saturated rings. The lowest BCUT2D eigenvalue weighted by atomic mass is 10.2. The number of carbonyl (C=O) groups excluding carboxylic acids is 1. The number of carbonyl (C=O) groups is 1. The van der Waals surface area contributed by atoms with Gasteiger partial charge >= 0.3 is 0 Å². The smallest absolute Gasteiger partial charge is 0.256 e. The van der Waals surface area contributed by atoms with E-state index in [-0.39, 0.29) is 14.9 Å². The van der Waals surface area contributed by atoms with E-state index in [0.717, 1.165) is 12.1 Å². The van der Waals surface area contributed by atoms with Crippen molar-refractivity contribution in [2.24, 2.45) is 5.14 Å². The van der Waals surface area contributed by atoms with Crippen molar-refractivity contribution in [3.63, 3.8) is 0 Å². The van der Waals surface area contributed by atoms with Crippen molar-refractivity contribution in [3.8, 4) is 0 Å². The summed E-state index contributed by atoms with van der Waals surface area (Å²) in [6.07, 6.45) is 0. The normalized spacial score (nSPS) is 11.4. The van der Waals surface area contributed by atoms with E-state index in [4.69, 9.17) is 5.14 Å². The first kappa shape index (κ1) is 15.1. The average Bonchev–Trinajstić information content (AvgIpc) is 2.25. The topological polar surface area (TPSA) is 80.5 Å². The van der Waals surface area contributed by atoms with Crippen molar-refractivity contribution in [2.45, 2.75) is 11.8 Å². The van der Waals surface area contributed by atoms with Crippen LogP contribution in [0.5, 0.6) is 0 Å². The van der Waals surface area contributed by atoms with Crippen LogP contribution in [-0.2, 0) is 10.0 Å². The summed E-state index contributed by atoms with van der Waals surface area (Å²) in [5.74, 6) is -1.41. The first-order valence-electron chi connectivity index (χ1n) is 4.95. The summed E-state index contributed by atoms with van der Waals surface area (Å²) in [4.78, 5) is 12.8. The number of hydrogen-bond donors (Lipinski definition) is 1. The second-order valence-electron chi connectivity index (χ2n) is 3.63. The van der Waals surface area contributed by atoms with Gasteiger partial charge in [0.15, 0.2) is 0 Å². The number of hydrogen-bond acceptors (Lipinski definition) is 3. The van der Waals surface area contributed by atoms with E-state index in [1.54, 1.807) is 6.92 Å². The first-order valence-corrected chi connectivity index (χ1v) is 7.29. The molecule has 2 N–H and O–H groups in total. The number of halogens is 2. The molecule has 0 aliphatic rings. The maximum absolute atomic E-state index is 13.7. The molecule has 1 rings (SSSR count). The lowest BCUT2D eigenvalue weighted by molar-refractivity contribution is 0.0797. The number of primary sulfonamides is 1. The minimum Gasteiger partial charge on any atom is -0.342 e. The molecule has 0 bridgehead atoms. The number of nitrogens with two attached hydrogens (primary N) is 1. The Kier molecular flexibility index (Phi) is 4.46. The molecule has 0 heterocycles. The maximum Gasteiger partial charge on any atom is 0.256 e. The molecule has 0 aliphatic carbocycles. The van der Waals surface area contributed by atoms with Crippen LogP contribution in [0.1, 0.15) is 17.3 Å². The Bertz CT molecular complexity index is 589. The number of sulfonamides is 1. The van der Waals surface area contributed by atoms with Gasteiger partial charge in [-0.25, -0.2) is 17.9 Å². The van der Waals surface area contributed by atoms with E-state index in [1.807, 2.05) is 0 Å². The SMILES string of the molecule is CCN(C)C(=O)c1cc(S(N)(=O)=O)c(Br)cc1F. The van der Waals surface area contributed by atoms with Gasteiger partial charge in [0, 0.05) is 18.1 Å². The summed E-state index contributed by atoms with van der Waals surface area (Å²) in [6, 6.07) is 1.85. The Morgan fingerprint density at radius 1 is 1.50 bits per heavy atom. The van der Waals surface area contributed by atoms with Crippen LogP contribution in [0.4, 0.5) is 4.39 Å². The minimum atomic E-state index is -4.02. The van der Waals surface area contributed by atoms with Gasteiger partial charge in [0.25, 0.3) is 5.91 Å². The molecule has 0 aromatic heterocycles. The van der Waals surface area contributed by atoms with Crippen molar-refractivity contribution in [1.29, 1.82) is 0 Å². The van der Waals surface area contributed by atoms with Gasteiger partial charge in [-0.15, -0.1) is 0 Å². The van der Waals surface area contributed by atoms with Crippen molar-refractivity contribution in [2.75, 3.05) is 13.6 Å². The van der Waals surface area contributed by atoms with Crippen LogP contribution in [0.2, 0.25) is 0 Å². The van der Waals surface area contributed by atoms with Gasteiger partial charge in [-0.1, -0.05) is 0 Å². The van der Waals surface area contributed by atoms with Crippen LogP contribution in [-0.4, -0.2) is 32.8 Å². The molecule has 100 valence electrons. The number of benzene rings is 1. The highest BCUT2D eigenvalue weighted by atomic mass is 79.9. The molecular weight excluding hydrogens is 327 g/mol. The number of nitrogens with zero attached hydrogens (tertiary/aromatic N) is 1. The summed E-state index contributed by atoms with van der Waals surface area (Å²) in [7, 11) is -2.54. The van der Waals surface area contributed by atoms with Crippen molar-refractivity contribution >= 4 is 31.9 Å². The summed E-state index contributed by atoms with van der Waals surface area (Å²) in [6.45, 7) is 2.09. The molecule has 0 aliphatic heterocycles. The molecule has 0 atom stereocenters. The predicted molar refractivity (Wildman–Crippen MR) is 68.1 cm³/mol. The minimum absolute atomic E-state index is 0.0156. The highest BCUT2D eigenvalue weighted by Gasteiger charge is 2.21. The second kappa shape index (κ2) is 5.33. The Balaban J connectivity index is 3.44. The number of rotatable bonds is 3. The lowest BCUT2D eigenvalue weighted by Gasteiger charge is -2.15. The fraction of sp³-hybridized carbons (Fsp3) is 0.300. The first-order chi connectivity index (χ1) is 8.18. The largest absolute Gasteiger partial charge is 0.342 e. The Morgan fingerprint density at radius 2 is 2.06 bits per heavy atom. The van der Waals surface area contributed by atoms with Crippen LogP contribution >= 0.6 is 15.9 Å². The van der Waals surface area contributed by atoms with Crippen LogP contribution in [0.3, 0.4) is 0 Å². The van der Waals surface area contributed by atoms with Crippen molar-refractivity contribution in [3.05, 3.63) is 28.0 Å². The summed E-state index contributed by atoms with van der Waals surface area (Å²) in [5.41, 5.74) is -0.327. The van der Waals surface area contributed by atoms with Gasteiger partial charge in [0.05, 0.1) is 10.5 Å². The van der Waals surface area contributed by atoms with E-state index < -0.39 is 21.7 Å². The molecular formula is C10H12BrFN2O3S. The van der Waals surface area contributed by atoms with Crippen molar-refractivity contribution in [1.82, 2.24) is 4.90 Å². The molecule has 0 saturated carbocycles. The van der Waals surface area contributed by atoms with Crippen LogP contribution in [0.25, 0.3) is 0 Å². The van der Waals surface area contributed by atoms with E-state index in [2.05, 4.69) is 15.9 Å². The monoisotopic (exact) mass is 338 g/mol.